The van der Waals surface area contributed by atoms with Crippen molar-refractivity contribution in [1.29, 1.82) is 0 Å². The fraction of sp³-hybridized carbons (Fsp3) is 0.250. The van der Waals surface area contributed by atoms with E-state index in [1.807, 2.05) is 0 Å². The molecule has 0 fully saturated rings. The minimum atomic E-state index is -1.29. The lowest BCUT2D eigenvalue weighted by atomic mass is 10.3. The summed E-state index contributed by atoms with van der Waals surface area (Å²) >= 11 is 0. The van der Waals surface area contributed by atoms with E-state index in [4.69, 9.17) is 5.11 Å². The second-order valence-corrected chi connectivity index (χ2v) is 3.50. The second-order valence-electron chi connectivity index (χ2n) is 3.50. The SMILES string of the molecule is CC(=CCO)C[N+](=O)[O-].O=C([O-])Nc1ccccc1. The number of benzene rings is 1. The fourth-order valence-corrected chi connectivity index (χ4v) is 1.06. The topological polar surface area (TPSA) is 116 Å². The highest BCUT2D eigenvalue weighted by atomic mass is 16.6. The molecule has 1 aromatic rings. The van der Waals surface area contributed by atoms with Gasteiger partial charge in [-0.15, -0.1) is 0 Å². The number of carboxylic acid groups (broad SMARTS) is 1. The minimum Gasteiger partial charge on any atom is -0.530 e. The molecule has 0 aromatic heterocycles. The summed E-state index contributed by atoms with van der Waals surface area (Å²) < 4.78 is 0. The number of rotatable bonds is 4. The van der Waals surface area contributed by atoms with E-state index in [2.05, 4.69) is 5.32 Å². The number of hydrogen-bond donors (Lipinski definition) is 2. The fourth-order valence-electron chi connectivity index (χ4n) is 1.06. The van der Waals surface area contributed by atoms with Crippen molar-refractivity contribution >= 4 is 11.8 Å². The smallest absolute Gasteiger partial charge is 0.224 e. The van der Waals surface area contributed by atoms with Gasteiger partial charge in [-0.25, -0.2) is 0 Å². The Balaban J connectivity index is 0.000000344. The zero-order chi connectivity index (χ0) is 14.7. The maximum atomic E-state index is 9.95. The van der Waals surface area contributed by atoms with E-state index < -0.39 is 11.0 Å². The predicted octanol–water partition coefficient (Wildman–Crippen LogP) is 0.643. The molecule has 104 valence electrons. The normalized spacial score (nSPS) is 10.1. The Morgan fingerprint density at radius 2 is 2.00 bits per heavy atom. The van der Waals surface area contributed by atoms with Crippen LogP contribution in [0.1, 0.15) is 6.92 Å². The number of nitrogens with zero attached hydrogens (tertiary/aromatic N) is 1. The Morgan fingerprint density at radius 3 is 2.42 bits per heavy atom. The lowest BCUT2D eigenvalue weighted by Gasteiger charge is -2.04. The molecule has 19 heavy (non-hydrogen) atoms. The van der Waals surface area contributed by atoms with E-state index in [0.717, 1.165) is 0 Å². The standard InChI is InChI=1S/C7H7NO2.C5H9NO3/c9-7(10)8-6-4-2-1-3-5-6;1-5(2-3-7)4-6(8)9/h1-5,8H,(H,9,10);2,7H,3-4H2,1H3/p-1. The third-order valence-corrected chi connectivity index (χ3v) is 1.84. The van der Waals surface area contributed by atoms with Crippen LogP contribution < -0.4 is 10.4 Å². The summed E-state index contributed by atoms with van der Waals surface area (Å²) in [6, 6.07) is 8.59. The zero-order valence-corrected chi connectivity index (χ0v) is 10.4. The van der Waals surface area contributed by atoms with E-state index >= 15 is 0 Å². The first-order chi connectivity index (χ1) is 8.95. The summed E-state index contributed by atoms with van der Waals surface area (Å²) in [7, 11) is 0. The summed E-state index contributed by atoms with van der Waals surface area (Å²) in [6.07, 6.45) is 0.134. The van der Waals surface area contributed by atoms with Crippen molar-refractivity contribution in [3.63, 3.8) is 0 Å². The maximum Gasteiger partial charge on any atom is 0.224 e. The molecular formula is C12H15N2O5-. The average Bonchev–Trinajstić information content (AvgIpc) is 2.29. The van der Waals surface area contributed by atoms with E-state index in [1.54, 1.807) is 37.3 Å². The number of carbonyl (C=O) groups excluding carboxylic acids is 1. The second kappa shape index (κ2) is 9.60. The summed E-state index contributed by atoms with van der Waals surface area (Å²) in [4.78, 5) is 19.3. The summed E-state index contributed by atoms with van der Waals surface area (Å²) in [5, 5.41) is 30.1. The van der Waals surface area contributed by atoms with Crippen LogP contribution in [0.5, 0.6) is 0 Å². The monoisotopic (exact) mass is 267 g/mol. The van der Waals surface area contributed by atoms with E-state index in [-0.39, 0.29) is 13.2 Å². The molecule has 1 amide bonds. The highest BCUT2D eigenvalue weighted by Gasteiger charge is 1.96. The number of nitro groups is 1. The molecule has 0 saturated heterocycles. The lowest BCUT2D eigenvalue weighted by molar-refractivity contribution is -0.470. The molecule has 0 radical (unpaired) electrons. The van der Waals surface area contributed by atoms with Crippen molar-refractivity contribution in [3.8, 4) is 0 Å². The number of anilines is 1. The van der Waals surface area contributed by atoms with Gasteiger partial charge in [-0.2, -0.15) is 0 Å². The first kappa shape index (κ1) is 16.6. The van der Waals surface area contributed by atoms with Crippen LogP contribution in [-0.2, 0) is 0 Å². The number of hydrogen-bond acceptors (Lipinski definition) is 5. The van der Waals surface area contributed by atoms with Crippen molar-refractivity contribution in [2.45, 2.75) is 6.92 Å². The van der Waals surface area contributed by atoms with E-state index in [9.17, 15) is 20.0 Å². The largest absolute Gasteiger partial charge is 0.530 e. The Labute approximate surface area is 110 Å². The van der Waals surface area contributed by atoms with Crippen molar-refractivity contribution in [1.82, 2.24) is 0 Å². The molecule has 0 saturated carbocycles. The quantitative estimate of drug-likeness (QED) is 0.472. The van der Waals surface area contributed by atoms with Gasteiger partial charge in [0.15, 0.2) is 0 Å². The average molecular weight is 267 g/mol. The first-order valence-corrected chi connectivity index (χ1v) is 5.37. The van der Waals surface area contributed by atoms with Crippen molar-refractivity contribution in [3.05, 3.63) is 52.1 Å². The molecule has 7 nitrogen and oxygen atoms in total. The molecular weight excluding hydrogens is 252 g/mol. The molecule has 0 bridgehead atoms. The van der Waals surface area contributed by atoms with Crippen LogP contribution in [0.4, 0.5) is 10.5 Å². The third kappa shape index (κ3) is 10.5. The van der Waals surface area contributed by atoms with Crippen LogP contribution in [0, 0.1) is 10.1 Å². The van der Waals surface area contributed by atoms with Gasteiger partial charge in [0.05, 0.1) is 6.61 Å². The zero-order valence-electron chi connectivity index (χ0n) is 10.4. The maximum absolute atomic E-state index is 9.95. The Morgan fingerprint density at radius 1 is 1.42 bits per heavy atom. The lowest BCUT2D eigenvalue weighted by Crippen LogP contribution is -2.28. The first-order valence-electron chi connectivity index (χ1n) is 5.37. The summed E-state index contributed by atoms with van der Waals surface area (Å²) in [6.45, 7) is 1.30. The highest BCUT2D eigenvalue weighted by molar-refractivity contribution is 5.80. The number of aliphatic hydroxyl groups excluding tert-OH is 1. The molecule has 1 rings (SSSR count). The highest BCUT2D eigenvalue weighted by Crippen LogP contribution is 2.02. The molecule has 0 unspecified atom stereocenters. The molecule has 0 heterocycles. The number of carbonyl (C=O) groups is 1. The van der Waals surface area contributed by atoms with Gasteiger partial charge in [0, 0.05) is 10.6 Å². The predicted molar refractivity (Wildman–Crippen MR) is 68.2 cm³/mol. The van der Waals surface area contributed by atoms with Gasteiger partial charge in [0.1, 0.15) is 6.09 Å². The van der Waals surface area contributed by atoms with E-state index in [0.29, 0.717) is 11.3 Å². The third-order valence-electron chi connectivity index (χ3n) is 1.84. The van der Waals surface area contributed by atoms with Gasteiger partial charge < -0.3 is 20.3 Å². The van der Waals surface area contributed by atoms with Gasteiger partial charge in [-0.1, -0.05) is 24.3 Å². The van der Waals surface area contributed by atoms with E-state index in [1.165, 1.54) is 6.08 Å². The van der Waals surface area contributed by atoms with Crippen LogP contribution in [0.3, 0.4) is 0 Å². The molecule has 0 aliphatic rings. The van der Waals surface area contributed by atoms with Gasteiger partial charge in [-0.3, -0.25) is 10.1 Å². The number of amides is 1. The Kier molecular flexibility index (Phi) is 8.38. The molecule has 0 atom stereocenters. The van der Waals surface area contributed by atoms with Gasteiger partial charge in [0.25, 0.3) is 0 Å². The summed E-state index contributed by atoms with van der Waals surface area (Å²) in [5.41, 5.74) is 1.12. The van der Waals surface area contributed by atoms with Crippen LogP contribution in [0.15, 0.2) is 42.0 Å². The Hall–Kier alpha value is -2.41. The van der Waals surface area contributed by atoms with Gasteiger partial charge in [0.2, 0.25) is 6.54 Å². The van der Waals surface area contributed by atoms with Crippen molar-refractivity contribution in [2.24, 2.45) is 0 Å². The van der Waals surface area contributed by atoms with Crippen LogP contribution in [-0.4, -0.2) is 29.3 Å². The number of nitrogens with one attached hydrogen (secondary N) is 1. The van der Waals surface area contributed by atoms with Crippen LogP contribution in [0.25, 0.3) is 0 Å². The number of aliphatic hydroxyl groups is 1. The summed E-state index contributed by atoms with van der Waals surface area (Å²) in [5.74, 6) is 0. The van der Waals surface area contributed by atoms with Crippen molar-refractivity contribution < 1.29 is 19.9 Å². The number of para-hydroxylation sites is 1. The molecule has 1 aromatic carbocycles. The van der Waals surface area contributed by atoms with Gasteiger partial charge in [-0.05, 0) is 24.6 Å². The minimum absolute atomic E-state index is 0.125. The molecule has 0 spiro atoms. The molecule has 0 aliphatic carbocycles. The molecule has 0 aliphatic heterocycles. The molecule has 7 heteroatoms. The van der Waals surface area contributed by atoms with Crippen molar-refractivity contribution in [2.75, 3.05) is 18.5 Å². The molecule has 2 N–H and O–H groups in total. The Bertz CT molecular complexity index is 431. The van der Waals surface area contributed by atoms with Gasteiger partial charge >= 0.3 is 0 Å². The van der Waals surface area contributed by atoms with Crippen LogP contribution >= 0.6 is 0 Å². The van der Waals surface area contributed by atoms with Crippen LogP contribution in [0.2, 0.25) is 0 Å².